The number of rotatable bonds is 8. The Labute approximate surface area is 134 Å². The number of hydrogen-bond donors (Lipinski definition) is 2. The Morgan fingerprint density at radius 1 is 1.26 bits per heavy atom. The number of hydrogen-bond acceptors (Lipinski definition) is 5. The van der Waals surface area contributed by atoms with Crippen molar-refractivity contribution in [1.29, 1.82) is 0 Å². The number of pyridine rings is 1. The summed E-state index contributed by atoms with van der Waals surface area (Å²) in [6, 6.07) is 6.82. The smallest absolute Gasteiger partial charge is 0.286 e. The standard InChI is InChI=1S/C16H19N3O4/c1-2-22-16-12(5-3-8-18-16)11-19-14(20)7-9-17-15(21)13-6-4-10-23-13/h3-6,8,10H,2,7,9,11H2,1H3,(H,17,21)(H,19,20). The molecule has 0 spiro atoms. The number of ether oxygens (including phenoxy) is 1. The number of carbonyl (C=O) groups is 2. The first-order valence-corrected chi connectivity index (χ1v) is 7.35. The molecule has 23 heavy (non-hydrogen) atoms. The van der Waals surface area contributed by atoms with Crippen molar-refractivity contribution in [3.05, 3.63) is 48.0 Å². The van der Waals surface area contributed by atoms with E-state index in [1.807, 2.05) is 13.0 Å². The largest absolute Gasteiger partial charge is 0.478 e. The molecule has 2 rings (SSSR count). The molecule has 0 fully saturated rings. The van der Waals surface area contributed by atoms with Gasteiger partial charge in [0, 0.05) is 31.3 Å². The average Bonchev–Trinajstić information content (AvgIpc) is 3.09. The third-order valence-corrected chi connectivity index (χ3v) is 2.99. The van der Waals surface area contributed by atoms with Gasteiger partial charge >= 0.3 is 0 Å². The molecular weight excluding hydrogens is 298 g/mol. The van der Waals surface area contributed by atoms with Crippen molar-refractivity contribution in [2.45, 2.75) is 19.9 Å². The summed E-state index contributed by atoms with van der Waals surface area (Å²) in [6.07, 6.45) is 3.24. The van der Waals surface area contributed by atoms with E-state index in [1.54, 1.807) is 24.4 Å². The zero-order valence-corrected chi connectivity index (χ0v) is 12.9. The van der Waals surface area contributed by atoms with Crippen LogP contribution in [0.15, 0.2) is 41.1 Å². The molecule has 7 nitrogen and oxygen atoms in total. The maximum atomic E-state index is 11.8. The first-order valence-electron chi connectivity index (χ1n) is 7.35. The molecule has 2 heterocycles. The van der Waals surface area contributed by atoms with Crippen LogP contribution >= 0.6 is 0 Å². The zero-order chi connectivity index (χ0) is 16.5. The summed E-state index contributed by atoms with van der Waals surface area (Å²) in [5.74, 6) is 0.230. The fourth-order valence-electron chi connectivity index (χ4n) is 1.89. The monoisotopic (exact) mass is 317 g/mol. The molecule has 0 aliphatic rings. The molecule has 2 N–H and O–H groups in total. The lowest BCUT2D eigenvalue weighted by atomic mass is 10.2. The molecule has 0 radical (unpaired) electrons. The number of carbonyl (C=O) groups excluding carboxylic acids is 2. The molecular formula is C16H19N3O4. The predicted molar refractivity (Wildman–Crippen MR) is 82.9 cm³/mol. The van der Waals surface area contributed by atoms with E-state index in [9.17, 15) is 9.59 Å². The van der Waals surface area contributed by atoms with Gasteiger partial charge in [0.2, 0.25) is 11.8 Å². The maximum absolute atomic E-state index is 11.8. The molecule has 0 atom stereocenters. The fraction of sp³-hybridized carbons (Fsp3) is 0.312. The normalized spacial score (nSPS) is 10.1. The van der Waals surface area contributed by atoms with E-state index in [-0.39, 0.29) is 30.5 Å². The molecule has 0 aliphatic carbocycles. The summed E-state index contributed by atoms with van der Waals surface area (Å²) in [5, 5.41) is 5.39. The number of furan rings is 1. The van der Waals surface area contributed by atoms with Crippen molar-refractivity contribution in [2.24, 2.45) is 0 Å². The summed E-state index contributed by atoms with van der Waals surface area (Å²) in [4.78, 5) is 27.5. The van der Waals surface area contributed by atoms with Gasteiger partial charge in [0.05, 0.1) is 12.9 Å². The van der Waals surface area contributed by atoms with Crippen molar-refractivity contribution >= 4 is 11.8 Å². The first-order chi connectivity index (χ1) is 11.2. The van der Waals surface area contributed by atoms with Crippen LogP contribution in [0.1, 0.15) is 29.5 Å². The Kier molecular flexibility index (Phi) is 6.17. The minimum Gasteiger partial charge on any atom is -0.478 e. The Hall–Kier alpha value is -2.83. The molecule has 0 aromatic carbocycles. The molecule has 2 aromatic heterocycles. The van der Waals surface area contributed by atoms with Gasteiger partial charge in [-0.05, 0) is 25.1 Å². The van der Waals surface area contributed by atoms with Gasteiger partial charge < -0.3 is 19.8 Å². The highest BCUT2D eigenvalue weighted by Crippen LogP contribution is 2.13. The molecule has 0 bridgehead atoms. The highest BCUT2D eigenvalue weighted by atomic mass is 16.5. The lowest BCUT2D eigenvalue weighted by Gasteiger charge is -2.10. The third-order valence-electron chi connectivity index (χ3n) is 2.99. The minimum absolute atomic E-state index is 0.170. The van der Waals surface area contributed by atoms with Gasteiger partial charge in [0.25, 0.3) is 5.91 Å². The van der Waals surface area contributed by atoms with Crippen LogP contribution < -0.4 is 15.4 Å². The zero-order valence-electron chi connectivity index (χ0n) is 12.9. The molecule has 0 saturated heterocycles. The molecule has 2 amide bonds. The van der Waals surface area contributed by atoms with Crippen molar-refractivity contribution in [2.75, 3.05) is 13.2 Å². The lowest BCUT2D eigenvalue weighted by molar-refractivity contribution is -0.121. The maximum Gasteiger partial charge on any atom is 0.286 e. The minimum atomic E-state index is -0.339. The molecule has 0 saturated carbocycles. The second kappa shape index (κ2) is 8.57. The molecule has 122 valence electrons. The van der Waals surface area contributed by atoms with Crippen LogP contribution in [0.25, 0.3) is 0 Å². The Morgan fingerprint density at radius 3 is 2.87 bits per heavy atom. The van der Waals surface area contributed by atoms with Crippen LogP contribution in [0.4, 0.5) is 0 Å². The number of amides is 2. The predicted octanol–water partition coefficient (Wildman–Crippen LogP) is 1.51. The van der Waals surface area contributed by atoms with E-state index in [4.69, 9.17) is 9.15 Å². The summed E-state index contributed by atoms with van der Waals surface area (Å²) >= 11 is 0. The van der Waals surface area contributed by atoms with Crippen LogP contribution in [0.5, 0.6) is 5.88 Å². The van der Waals surface area contributed by atoms with Gasteiger partial charge in [-0.15, -0.1) is 0 Å². The number of aromatic nitrogens is 1. The van der Waals surface area contributed by atoms with E-state index < -0.39 is 0 Å². The molecule has 0 aliphatic heterocycles. The Bertz CT molecular complexity index is 641. The second-order valence-corrected chi connectivity index (χ2v) is 4.66. The summed E-state index contributed by atoms with van der Waals surface area (Å²) in [7, 11) is 0. The Balaban J connectivity index is 1.72. The summed E-state index contributed by atoms with van der Waals surface area (Å²) in [5.41, 5.74) is 0.808. The van der Waals surface area contributed by atoms with Gasteiger partial charge in [-0.1, -0.05) is 6.07 Å². The van der Waals surface area contributed by atoms with E-state index in [1.165, 1.54) is 6.26 Å². The van der Waals surface area contributed by atoms with Gasteiger partial charge in [-0.3, -0.25) is 9.59 Å². The van der Waals surface area contributed by atoms with Crippen molar-refractivity contribution < 1.29 is 18.7 Å². The van der Waals surface area contributed by atoms with E-state index in [2.05, 4.69) is 15.6 Å². The summed E-state index contributed by atoms with van der Waals surface area (Å²) in [6.45, 7) is 2.94. The fourth-order valence-corrected chi connectivity index (χ4v) is 1.89. The SMILES string of the molecule is CCOc1ncccc1CNC(=O)CCNC(=O)c1ccco1. The van der Waals surface area contributed by atoms with E-state index >= 15 is 0 Å². The average molecular weight is 317 g/mol. The van der Waals surface area contributed by atoms with Crippen LogP contribution in [0.3, 0.4) is 0 Å². The van der Waals surface area contributed by atoms with Crippen molar-refractivity contribution in [3.63, 3.8) is 0 Å². The van der Waals surface area contributed by atoms with Gasteiger partial charge in [0.15, 0.2) is 5.76 Å². The van der Waals surface area contributed by atoms with Crippen molar-refractivity contribution in [1.82, 2.24) is 15.6 Å². The molecule has 7 heteroatoms. The Morgan fingerprint density at radius 2 is 2.13 bits per heavy atom. The highest BCUT2D eigenvalue weighted by molar-refractivity contribution is 5.91. The van der Waals surface area contributed by atoms with Crippen LogP contribution in [-0.2, 0) is 11.3 Å². The van der Waals surface area contributed by atoms with Gasteiger partial charge in [-0.2, -0.15) is 0 Å². The van der Waals surface area contributed by atoms with Crippen LogP contribution in [0, 0.1) is 0 Å². The first kappa shape index (κ1) is 16.5. The third kappa shape index (κ3) is 5.14. The second-order valence-electron chi connectivity index (χ2n) is 4.66. The van der Waals surface area contributed by atoms with Crippen molar-refractivity contribution in [3.8, 4) is 5.88 Å². The molecule has 2 aromatic rings. The van der Waals surface area contributed by atoms with Gasteiger partial charge in [-0.25, -0.2) is 4.98 Å². The van der Waals surface area contributed by atoms with Crippen LogP contribution in [0.2, 0.25) is 0 Å². The van der Waals surface area contributed by atoms with Gasteiger partial charge in [0.1, 0.15) is 0 Å². The quantitative estimate of drug-likeness (QED) is 0.770. The topological polar surface area (TPSA) is 93.5 Å². The lowest BCUT2D eigenvalue weighted by Crippen LogP contribution is -2.30. The number of nitrogens with one attached hydrogen (secondary N) is 2. The number of nitrogens with zero attached hydrogens (tertiary/aromatic N) is 1. The van der Waals surface area contributed by atoms with E-state index in [0.29, 0.717) is 19.0 Å². The van der Waals surface area contributed by atoms with E-state index in [0.717, 1.165) is 5.56 Å². The molecule has 0 unspecified atom stereocenters. The summed E-state index contributed by atoms with van der Waals surface area (Å²) < 4.78 is 10.4. The highest BCUT2D eigenvalue weighted by Gasteiger charge is 2.09. The van der Waals surface area contributed by atoms with Crippen LogP contribution in [-0.4, -0.2) is 29.9 Å².